The Balaban J connectivity index is 2.82. The summed E-state index contributed by atoms with van der Waals surface area (Å²) in [6.45, 7) is 1.22. The third-order valence-electron chi connectivity index (χ3n) is 2.12. The van der Waals surface area contributed by atoms with Gasteiger partial charge in [0.05, 0.1) is 12.2 Å². The van der Waals surface area contributed by atoms with Gasteiger partial charge in [0.2, 0.25) is 0 Å². The summed E-state index contributed by atoms with van der Waals surface area (Å²) in [6.07, 6.45) is 3.89. The van der Waals surface area contributed by atoms with E-state index in [2.05, 4.69) is 15.3 Å². The summed E-state index contributed by atoms with van der Waals surface area (Å²) in [4.78, 5) is 30.1. The van der Waals surface area contributed by atoms with Crippen molar-refractivity contribution < 1.29 is 19.4 Å². The van der Waals surface area contributed by atoms with Crippen molar-refractivity contribution in [1.82, 2.24) is 15.3 Å². The minimum absolute atomic E-state index is 0.137. The second-order valence-electron chi connectivity index (χ2n) is 3.65. The average molecular weight is 239 g/mol. The molecule has 7 heteroatoms. The molecule has 1 heterocycles. The van der Waals surface area contributed by atoms with Crippen LogP contribution in [0.5, 0.6) is 0 Å². The fourth-order valence-corrected chi connectivity index (χ4v) is 1.18. The summed E-state index contributed by atoms with van der Waals surface area (Å²) >= 11 is 0. The first-order valence-electron chi connectivity index (χ1n) is 4.79. The molecule has 0 aliphatic carbocycles. The van der Waals surface area contributed by atoms with Crippen molar-refractivity contribution in [3.8, 4) is 0 Å². The number of methoxy groups -OCH3 is 1. The molecule has 2 N–H and O–H groups in total. The lowest BCUT2D eigenvalue weighted by Gasteiger charge is -2.25. The summed E-state index contributed by atoms with van der Waals surface area (Å²) in [6, 6.07) is 0. The van der Waals surface area contributed by atoms with Gasteiger partial charge in [0, 0.05) is 19.5 Å². The molecule has 0 radical (unpaired) electrons. The van der Waals surface area contributed by atoms with Gasteiger partial charge in [0.25, 0.3) is 5.91 Å². The lowest BCUT2D eigenvalue weighted by Crippen LogP contribution is -2.55. The van der Waals surface area contributed by atoms with Gasteiger partial charge >= 0.3 is 5.97 Å². The number of nitrogens with zero attached hydrogens (tertiary/aromatic N) is 2. The zero-order chi connectivity index (χ0) is 12.9. The number of hydrogen-bond acceptors (Lipinski definition) is 5. The zero-order valence-corrected chi connectivity index (χ0v) is 9.51. The number of amides is 1. The number of rotatable bonds is 5. The van der Waals surface area contributed by atoms with Crippen LogP contribution in [0.4, 0.5) is 0 Å². The summed E-state index contributed by atoms with van der Waals surface area (Å²) in [5, 5.41) is 11.4. The first-order valence-corrected chi connectivity index (χ1v) is 4.79. The molecule has 17 heavy (non-hydrogen) atoms. The summed E-state index contributed by atoms with van der Waals surface area (Å²) in [5.41, 5.74) is -1.29. The standard InChI is InChI=1S/C10H13N3O4/c1-10(5-17-2,9(15)16)13-8(14)7-3-11-6-12-4-7/h3-4,6H,5H2,1-2H3,(H,13,14)(H,15,16). The molecule has 1 unspecified atom stereocenters. The van der Waals surface area contributed by atoms with Crippen LogP contribution < -0.4 is 5.32 Å². The molecule has 0 fully saturated rings. The largest absolute Gasteiger partial charge is 0.479 e. The maximum atomic E-state index is 11.7. The van der Waals surface area contributed by atoms with Gasteiger partial charge in [-0.3, -0.25) is 4.79 Å². The molecule has 7 nitrogen and oxygen atoms in total. The number of nitrogens with one attached hydrogen (secondary N) is 1. The topological polar surface area (TPSA) is 101 Å². The van der Waals surface area contributed by atoms with Crippen molar-refractivity contribution in [2.75, 3.05) is 13.7 Å². The molecule has 1 amide bonds. The van der Waals surface area contributed by atoms with E-state index in [1.807, 2.05) is 0 Å². The van der Waals surface area contributed by atoms with Crippen LogP contribution in [0.1, 0.15) is 17.3 Å². The van der Waals surface area contributed by atoms with Crippen LogP contribution in [0.2, 0.25) is 0 Å². The van der Waals surface area contributed by atoms with E-state index in [9.17, 15) is 9.59 Å². The van der Waals surface area contributed by atoms with E-state index in [4.69, 9.17) is 9.84 Å². The van der Waals surface area contributed by atoms with Crippen LogP contribution in [0.15, 0.2) is 18.7 Å². The Labute approximate surface area is 97.8 Å². The van der Waals surface area contributed by atoms with E-state index in [0.717, 1.165) is 0 Å². The molecule has 0 saturated heterocycles. The van der Waals surface area contributed by atoms with Gasteiger partial charge in [-0.15, -0.1) is 0 Å². The number of aromatic nitrogens is 2. The predicted octanol–water partition coefficient (Wildman–Crippen LogP) is -0.304. The third-order valence-corrected chi connectivity index (χ3v) is 2.12. The molecular formula is C10H13N3O4. The van der Waals surface area contributed by atoms with E-state index >= 15 is 0 Å². The second-order valence-corrected chi connectivity index (χ2v) is 3.65. The van der Waals surface area contributed by atoms with Crippen molar-refractivity contribution in [2.24, 2.45) is 0 Å². The molecule has 0 aliphatic heterocycles. The first kappa shape index (κ1) is 13.0. The summed E-state index contributed by atoms with van der Waals surface area (Å²) < 4.78 is 4.78. The van der Waals surface area contributed by atoms with Gasteiger partial charge in [-0.2, -0.15) is 0 Å². The quantitative estimate of drug-likeness (QED) is 0.731. The van der Waals surface area contributed by atoms with E-state index in [-0.39, 0.29) is 12.2 Å². The van der Waals surface area contributed by atoms with Gasteiger partial charge in [0.15, 0.2) is 5.54 Å². The fraction of sp³-hybridized carbons (Fsp3) is 0.400. The normalized spacial score (nSPS) is 13.8. The first-order chi connectivity index (χ1) is 7.99. The molecule has 0 aliphatic rings. The Morgan fingerprint density at radius 2 is 2.06 bits per heavy atom. The van der Waals surface area contributed by atoms with Crippen molar-refractivity contribution >= 4 is 11.9 Å². The molecule has 1 aromatic heterocycles. The van der Waals surface area contributed by atoms with Gasteiger partial charge < -0.3 is 15.2 Å². The van der Waals surface area contributed by atoms with Gasteiger partial charge in [0.1, 0.15) is 6.33 Å². The highest BCUT2D eigenvalue weighted by molar-refractivity contribution is 5.97. The molecule has 0 saturated carbocycles. The number of ether oxygens (including phenoxy) is 1. The zero-order valence-electron chi connectivity index (χ0n) is 9.51. The highest BCUT2D eigenvalue weighted by Crippen LogP contribution is 2.06. The van der Waals surface area contributed by atoms with E-state index < -0.39 is 17.4 Å². The Hall–Kier alpha value is -2.02. The molecule has 0 aromatic carbocycles. The highest BCUT2D eigenvalue weighted by atomic mass is 16.5. The van der Waals surface area contributed by atoms with Crippen LogP contribution >= 0.6 is 0 Å². The monoisotopic (exact) mass is 239 g/mol. The number of carbonyl (C=O) groups is 2. The SMILES string of the molecule is COCC(C)(NC(=O)c1cncnc1)C(=O)O. The van der Waals surface area contributed by atoms with Gasteiger partial charge in [-0.1, -0.05) is 0 Å². The van der Waals surface area contributed by atoms with Crippen molar-refractivity contribution in [3.05, 3.63) is 24.3 Å². The second kappa shape index (κ2) is 5.35. The molecule has 1 atom stereocenters. The predicted molar refractivity (Wildman–Crippen MR) is 57.4 cm³/mol. The molecule has 1 aromatic rings. The lowest BCUT2D eigenvalue weighted by molar-refractivity contribution is -0.145. The highest BCUT2D eigenvalue weighted by Gasteiger charge is 2.35. The number of carboxylic acids is 1. The van der Waals surface area contributed by atoms with Crippen LogP contribution in [-0.4, -0.2) is 46.2 Å². The van der Waals surface area contributed by atoms with E-state index in [0.29, 0.717) is 0 Å². The Morgan fingerprint density at radius 3 is 2.53 bits per heavy atom. The van der Waals surface area contributed by atoms with Crippen LogP contribution in [0.3, 0.4) is 0 Å². The van der Waals surface area contributed by atoms with Crippen LogP contribution in [0, 0.1) is 0 Å². The number of aliphatic carboxylic acids is 1. The number of carbonyl (C=O) groups excluding carboxylic acids is 1. The smallest absolute Gasteiger partial charge is 0.331 e. The Kier molecular flexibility index (Phi) is 4.11. The van der Waals surface area contributed by atoms with Crippen molar-refractivity contribution in [3.63, 3.8) is 0 Å². The third kappa shape index (κ3) is 3.22. The van der Waals surface area contributed by atoms with E-state index in [1.165, 1.54) is 32.8 Å². The van der Waals surface area contributed by atoms with Crippen LogP contribution in [-0.2, 0) is 9.53 Å². The molecule has 1 rings (SSSR count). The van der Waals surface area contributed by atoms with Crippen molar-refractivity contribution in [2.45, 2.75) is 12.5 Å². The van der Waals surface area contributed by atoms with Crippen LogP contribution in [0.25, 0.3) is 0 Å². The summed E-state index contributed by atoms with van der Waals surface area (Å²) in [7, 11) is 1.36. The minimum atomic E-state index is -1.48. The lowest BCUT2D eigenvalue weighted by atomic mass is 10.0. The van der Waals surface area contributed by atoms with Gasteiger partial charge in [-0.25, -0.2) is 14.8 Å². The average Bonchev–Trinajstić information content (AvgIpc) is 2.30. The summed E-state index contributed by atoms with van der Waals surface area (Å²) in [5.74, 6) is -1.74. The Bertz CT molecular complexity index is 409. The molecule has 0 bridgehead atoms. The number of carboxylic acid groups (broad SMARTS) is 1. The van der Waals surface area contributed by atoms with Crippen molar-refractivity contribution in [1.29, 1.82) is 0 Å². The fourth-order valence-electron chi connectivity index (χ4n) is 1.18. The molecule has 0 spiro atoms. The minimum Gasteiger partial charge on any atom is -0.479 e. The van der Waals surface area contributed by atoms with E-state index in [1.54, 1.807) is 0 Å². The van der Waals surface area contributed by atoms with Gasteiger partial charge in [-0.05, 0) is 6.92 Å². The maximum Gasteiger partial charge on any atom is 0.331 e. The number of hydrogen-bond donors (Lipinski definition) is 2. The maximum absolute atomic E-state index is 11.7. The Morgan fingerprint density at radius 1 is 1.47 bits per heavy atom. The molecular weight excluding hydrogens is 226 g/mol. The molecule has 92 valence electrons.